The summed E-state index contributed by atoms with van der Waals surface area (Å²) in [6.45, 7) is 6.21. The molecule has 132 valence electrons. The van der Waals surface area contributed by atoms with Crippen LogP contribution in [0.4, 0.5) is 14.9 Å². The van der Waals surface area contributed by atoms with Crippen LogP contribution in [0, 0.1) is 5.82 Å². The van der Waals surface area contributed by atoms with Crippen molar-refractivity contribution in [3.05, 3.63) is 29.6 Å². The highest BCUT2D eigenvalue weighted by molar-refractivity contribution is 5.75. The molecule has 1 aliphatic carbocycles. The lowest BCUT2D eigenvalue weighted by atomic mass is 9.79. The van der Waals surface area contributed by atoms with E-state index in [1.807, 2.05) is 6.07 Å². The SMILES string of the molecule is CN1CCN(c2ccc(F)cc2CNC(=O)NC2(C)CCC2)CC1. The quantitative estimate of drug-likeness (QED) is 0.888. The van der Waals surface area contributed by atoms with Crippen molar-refractivity contribution >= 4 is 11.7 Å². The van der Waals surface area contributed by atoms with Gasteiger partial charge in [0.05, 0.1) is 0 Å². The van der Waals surface area contributed by atoms with Gasteiger partial charge in [0.15, 0.2) is 0 Å². The van der Waals surface area contributed by atoms with Gasteiger partial charge in [-0.25, -0.2) is 9.18 Å². The first kappa shape index (κ1) is 17.0. The topological polar surface area (TPSA) is 47.6 Å². The normalized spacial score (nSPS) is 20.4. The van der Waals surface area contributed by atoms with Crippen molar-refractivity contribution < 1.29 is 9.18 Å². The summed E-state index contributed by atoms with van der Waals surface area (Å²) in [5.74, 6) is -0.268. The maximum Gasteiger partial charge on any atom is 0.315 e. The van der Waals surface area contributed by atoms with E-state index in [4.69, 9.17) is 0 Å². The van der Waals surface area contributed by atoms with E-state index in [1.54, 1.807) is 0 Å². The summed E-state index contributed by atoms with van der Waals surface area (Å²) in [5, 5.41) is 5.90. The fourth-order valence-electron chi connectivity index (χ4n) is 3.38. The second-order valence-corrected chi connectivity index (χ2v) is 7.29. The summed E-state index contributed by atoms with van der Waals surface area (Å²) < 4.78 is 13.7. The summed E-state index contributed by atoms with van der Waals surface area (Å²) in [5.41, 5.74) is 1.76. The molecule has 1 aliphatic heterocycles. The van der Waals surface area contributed by atoms with E-state index in [0.717, 1.165) is 56.7 Å². The first-order valence-electron chi connectivity index (χ1n) is 8.73. The van der Waals surface area contributed by atoms with Crippen molar-refractivity contribution in [1.29, 1.82) is 0 Å². The van der Waals surface area contributed by atoms with Crippen molar-refractivity contribution in [2.75, 3.05) is 38.1 Å². The molecule has 2 N–H and O–H groups in total. The summed E-state index contributed by atoms with van der Waals surface area (Å²) in [6, 6.07) is 4.67. The second kappa shape index (κ2) is 6.97. The van der Waals surface area contributed by atoms with E-state index in [0.29, 0.717) is 6.54 Å². The Kier molecular flexibility index (Phi) is 4.94. The lowest BCUT2D eigenvalue weighted by Crippen LogP contribution is -2.54. The summed E-state index contributed by atoms with van der Waals surface area (Å²) in [4.78, 5) is 16.7. The lowest BCUT2D eigenvalue weighted by Gasteiger charge is -2.39. The number of hydrogen-bond donors (Lipinski definition) is 2. The highest BCUT2D eigenvalue weighted by Gasteiger charge is 2.33. The number of benzene rings is 1. The molecule has 0 atom stereocenters. The number of carbonyl (C=O) groups is 1. The Labute approximate surface area is 143 Å². The Hall–Kier alpha value is -1.82. The van der Waals surface area contributed by atoms with Crippen molar-refractivity contribution in [3.63, 3.8) is 0 Å². The van der Waals surface area contributed by atoms with Crippen LogP contribution in [0.2, 0.25) is 0 Å². The Morgan fingerprint density at radius 3 is 2.58 bits per heavy atom. The van der Waals surface area contributed by atoms with Gasteiger partial charge in [-0.3, -0.25) is 0 Å². The molecule has 0 spiro atoms. The molecule has 2 amide bonds. The van der Waals surface area contributed by atoms with Crippen LogP contribution in [-0.4, -0.2) is 49.7 Å². The Morgan fingerprint density at radius 1 is 1.25 bits per heavy atom. The van der Waals surface area contributed by atoms with Crippen molar-refractivity contribution in [1.82, 2.24) is 15.5 Å². The highest BCUT2D eigenvalue weighted by atomic mass is 19.1. The second-order valence-electron chi connectivity index (χ2n) is 7.29. The third-order valence-corrected chi connectivity index (χ3v) is 5.20. The number of rotatable bonds is 4. The molecule has 5 nitrogen and oxygen atoms in total. The number of urea groups is 1. The maximum absolute atomic E-state index is 13.7. The third kappa shape index (κ3) is 3.98. The number of amides is 2. The standard InChI is InChI=1S/C18H27FN4O/c1-18(6-3-7-18)21-17(24)20-13-14-12-15(19)4-5-16(14)23-10-8-22(2)9-11-23/h4-5,12H,3,6-11,13H2,1-2H3,(H2,20,21,24). The summed E-state index contributed by atoms with van der Waals surface area (Å²) in [6.07, 6.45) is 3.20. The van der Waals surface area contributed by atoms with Crippen LogP contribution in [0.1, 0.15) is 31.7 Å². The molecule has 0 aromatic heterocycles. The van der Waals surface area contributed by atoms with Crippen LogP contribution >= 0.6 is 0 Å². The average Bonchev–Trinajstić information content (AvgIpc) is 2.52. The molecule has 0 bridgehead atoms. The van der Waals surface area contributed by atoms with Gasteiger partial charge in [0.1, 0.15) is 5.82 Å². The summed E-state index contributed by atoms with van der Waals surface area (Å²) in [7, 11) is 2.11. The monoisotopic (exact) mass is 334 g/mol. The van der Waals surface area contributed by atoms with Crippen LogP contribution in [0.25, 0.3) is 0 Å². The van der Waals surface area contributed by atoms with Gasteiger partial charge in [0.25, 0.3) is 0 Å². The lowest BCUT2D eigenvalue weighted by molar-refractivity contribution is 0.191. The van der Waals surface area contributed by atoms with E-state index in [1.165, 1.54) is 12.1 Å². The number of anilines is 1. The van der Waals surface area contributed by atoms with Crippen LogP contribution in [0.5, 0.6) is 0 Å². The number of nitrogens with zero attached hydrogens (tertiary/aromatic N) is 2. The number of nitrogens with one attached hydrogen (secondary N) is 2. The zero-order chi connectivity index (χ0) is 17.2. The Bertz CT molecular complexity index is 595. The molecule has 3 rings (SSSR count). The van der Waals surface area contributed by atoms with Gasteiger partial charge < -0.3 is 20.4 Å². The first-order valence-corrected chi connectivity index (χ1v) is 8.73. The molecule has 2 fully saturated rings. The van der Waals surface area contributed by atoms with Crippen LogP contribution in [0.3, 0.4) is 0 Å². The van der Waals surface area contributed by atoms with Crippen molar-refractivity contribution in [2.45, 2.75) is 38.3 Å². The molecule has 1 saturated heterocycles. The molecular formula is C18H27FN4O. The van der Waals surface area contributed by atoms with Crippen molar-refractivity contribution in [3.8, 4) is 0 Å². The number of halogens is 1. The molecule has 1 saturated carbocycles. The smallest absolute Gasteiger partial charge is 0.315 e. The fourth-order valence-corrected chi connectivity index (χ4v) is 3.38. The van der Waals surface area contributed by atoms with E-state index in [2.05, 4.69) is 34.4 Å². The van der Waals surface area contributed by atoms with E-state index in [-0.39, 0.29) is 17.4 Å². The maximum atomic E-state index is 13.7. The molecule has 24 heavy (non-hydrogen) atoms. The van der Waals surface area contributed by atoms with Gasteiger partial charge in [0, 0.05) is 44.0 Å². The van der Waals surface area contributed by atoms with Gasteiger partial charge in [-0.1, -0.05) is 0 Å². The van der Waals surface area contributed by atoms with E-state index >= 15 is 0 Å². The Morgan fingerprint density at radius 2 is 1.96 bits per heavy atom. The molecule has 0 unspecified atom stereocenters. The number of hydrogen-bond acceptors (Lipinski definition) is 3. The van der Waals surface area contributed by atoms with Gasteiger partial charge in [-0.15, -0.1) is 0 Å². The first-order chi connectivity index (χ1) is 11.5. The zero-order valence-corrected chi connectivity index (χ0v) is 14.6. The van der Waals surface area contributed by atoms with Crippen LogP contribution in [0.15, 0.2) is 18.2 Å². The minimum Gasteiger partial charge on any atom is -0.369 e. The van der Waals surface area contributed by atoms with Crippen LogP contribution < -0.4 is 15.5 Å². The predicted octanol–water partition coefficient (Wildman–Crippen LogP) is 2.32. The van der Waals surface area contributed by atoms with Gasteiger partial charge in [-0.05, 0) is 57.0 Å². The van der Waals surface area contributed by atoms with Gasteiger partial charge in [-0.2, -0.15) is 0 Å². The molecule has 1 aromatic carbocycles. The van der Waals surface area contributed by atoms with Gasteiger partial charge in [0.2, 0.25) is 0 Å². The number of piperazine rings is 1. The molecular weight excluding hydrogens is 307 g/mol. The Balaban J connectivity index is 1.63. The largest absolute Gasteiger partial charge is 0.369 e. The van der Waals surface area contributed by atoms with Crippen molar-refractivity contribution in [2.24, 2.45) is 0 Å². The number of likely N-dealkylation sites (N-methyl/N-ethyl adjacent to an activating group) is 1. The third-order valence-electron chi connectivity index (χ3n) is 5.20. The van der Waals surface area contributed by atoms with E-state index in [9.17, 15) is 9.18 Å². The molecule has 0 radical (unpaired) electrons. The highest BCUT2D eigenvalue weighted by Crippen LogP contribution is 2.30. The van der Waals surface area contributed by atoms with Crippen LogP contribution in [-0.2, 0) is 6.54 Å². The molecule has 6 heteroatoms. The fraction of sp³-hybridized carbons (Fsp3) is 0.611. The predicted molar refractivity (Wildman–Crippen MR) is 93.7 cm³/mol. The number of carbonyl (C=O) groups excluding carboxylic acids is 1. The minimum atomic E-state index is -0.268. The summed E-state index contributed by atoms with van der Waals surface area (Å²) >= 11 is 0. The zero-order valence-electron chi connectivity index (χ0n) is 14.6. The van der Waals surface area contributed by atoms with E-state index < -0.39 is 0 Å². The minimum absolute atomic E-state index is 0.0771. The average molecular weight is 334 g/mol. The molecule has 1 aromatic rings. The van der Waals surface area contributed by atoms with Gasteiger partial charge >= 0.3 is 6.03 Å². The molecule has 2 aliphatic rings. The molecule has 1 heterocycles.